The second kappa shape index (κ2) is 8.16. The van der Waals surface area contributed by atoms with E-state index < -0.39 is 0 Å². The van der Waals surface area contributed by atoms with Gasteiger partial charge in [0.05, 0.1) is 0 Å². The molecule has 0 unspecified atom stereocenters. The second-order valence-corrected chi connectivity index (χ2v) is 6.56. The Morgan fingerprint density at radius 3 is 2.92 bits per heavy atom. The first-order valence-electron chi connectivity index (χ1n) is 8.95. The number of nitrogens with zero attached hydrogens (tertiary/aromatic N) is 4. The van der Waals surface area contributed by atoms with Crippen LogP contribution in [0.2, 0.25) is 0 Å². The molecule has 0 aliphatic carbocycles. The van der Waals surface area contributed by atoms with Crippen LogP contribution in [0, 0.1) is 5.82 Å². The van der Waals surface area contributed by atoms with Gasteiger partial charge in [-0.1, -0.05) is 18.2 Å². The molecule has 0 saturated heterocycles. The van der Waals surface area contributed by atoms with Gasteiger partial charge in [0.25, 0.3) is 0 Å². The lowest BCUT2D eigenvalue weighted by Gasteiger charge is -2.18. The summed E-state index contributed by atoms with van der Waals surface area (Å²) in [4.78, 5) is 25.7. The molecule has 26 heavy (non-hydrogen) atoms. The maximum Gasteiger partial charge on any atom is 0.345 e. The maximum atomic E-state index is 13.6. The number of nitrogens with one attached hydrogen (secondary N) is 1. The van der Waals surface area contributed by atoms with Crippen molar-refractivity contribution in [3.63, 3.8) is 0 Å². The van der Waals surface area contributed by atoms with Crippen LogP contribution in [-0.2, 0) is 26.1 Å². The van der Waals surface area contributed by atoms with Crippen molar-refractivity contribution in [1.82, 2.24) is 24.6 Å². The average molecular weight is 361 g/mol. The highest BCUT2D eigenvalue weighted by molar-refractivity contribution is 5.73. The molecule has 1 aliphatic heterocycles. The molecule has 0 atom stereocenters. The predicted octanol–water partition coefficient (Wildman–Crippen LogP) is 1.75. The van der Waals surface area contributed by atoms with Gasteiger partial charge in [0.15, 0.2) is 0 Å². The van der Waals surface area contributed by atoms with Crippen LogP contribution in [0.5, 0.6) is 0 Å². The minimum Gasteiger partial charge on any atom is -0.338 e. The van der Waals surface area contributed by atoms with Crippen molar-refractivity contribution in [2.24, 2.45) is 0 Å². The van der Waals surface area contributed by atoms with Gasteiger partial charge in [0.2, 0.25) is 0 Å². The zero-order valence-electron chi connectivity index (χ0n) is 14.9. The van der Waals surface area contributed by atoms with Gasteiger partial charge < -0.3 is 10.2 Å². The Kier molecular flexibility index (Phi) is 5.70. The van der Waals surface area contributed by atoms with Gasteiger partial charge in [0, 0.05) is 45.2 Å². The van der Waals surface area contributed by atoms with E-state index in [4.69, 9.17) is 0 Å². The first-order valence-corrected chi connectivity index (χ1v) is 8.95. The summed E-state index contributed by atoms with van der Waals surface area (Å²) in [6.07, 6.45) is 3.54. The standard InChI is InChI=1S/C18H24FN5O2/c1-22(13-14-7-2-3-8-15(14)19)17(25)20-10-6-12-24-18(26)23-11-5-4-9-16(23)21-24/h2-3,7-8H,4-6,9-13H2,1H3,(H,20,25). The summed E-state index contributed by atoms with van der Waals surface area (Å²) in [7, 11) is 1.62. The Balaban J connectivity index is 1.45. The summed E-state index contributed by atoms with van der Waals surface area (Å²) in [5.41, 5.74) is 0.406. The van der Waals surface area contributed by atoms with Crippen LogP contribution in [-0.4, -0.2) is 38.9 Å². The number of hydrogen-bond acceptors (Lipinski definition) is 3. The van der Waals surface area contributed by atoms with Crippen molar-refractivity contribution in [3.05, 3.63) is 52.0 Å². The number of amides is 2. The predicted molar refractivity (Wildman–Crippen MR) is 95.3 cm³/mol. The number of aromatic nitrogens is 3. The van der Waals surface area contributed by atoms with E-state index in [1.807, 2.05) is 0 Å². The average Bonchev–Trinajstić information content (AvgIpc) is 2.96. The quantitative estimate of drug-likeness (QED) is 0.797. The maximum absolute atomic E-state index is 13.6. The van der Waals surface area contributed by atoms with Gasteiger partial charge in [0.1, 0.15) is 11.6 Å². The number of rotatable bonds is 6. The fourth-order valence-electron chi connectivity index (χ4n) is 3.11. The highest BCUT2D eigenvalue weighted by Gasteiger charge is 2.16. The number of halogens is 1. The van der Waals surface area contributed by atoms with E-state index in [0.29, 0.717) is 25.1 Å². The highest BCUT2D eigenvalue weighted by Crippen LogP contribution is 2.10. The number of carbonyl (C=O) groups excluding carboxylic acids is 1. The van der Waals surface area contributed by atoms with Gasteiger partial charge in [-0.25, -0.2) is 18.7 Å². The van der Waals surface area contributed by atoms with Crippen LogP contribution < -0.4 is 11.0 Å². The third kappa shape index (κ3) is 4.12. The minimum absolute atomic E-state index is 0.0669. The van der Waals surface area contributed by atoms with Crippen molar-refractivity contribution >= 4 is 6.03 Å². The number of hydrogen-bond donors (Lipinski definition) is 1. The molecular formula is C18H24FN5O2. The zero-order chi connectivity index (χ0) is 18.5. The van der Waals surface area contributed by atoms with Crippen molar-refractivity contribution in [1.29, 1.82) is 0 Å². The molecule has 0 saturated carbocycles. The van der Waals surface area contributed by atoms with Gasteiger partial charge in [-0.15, -0.1) is 0 Å². The summed E-state index contributed by atoms with van der Waals surface area (Å²) in [5, 5.41) is 7.16. The third-order valence-corrected chi connectivity index (χ3v) is 4.57. The van der Waals surface area contributed by atoms with Crippen molar-refractivity contribution < 1.29 is 9.18 Å². The summed E-state index contributed by atoms with van der Waals surface area (Å²) in [6.45, 7) is 1.84. The van der Waals surface area contributed by atoms with Crippen LogP contribution in [0.1, 0.15) is 30.7 Å². The number of urea groups is 1. The Bertz CT molecular complexity index is 829. The molecule has 2 aromatic rings. The van der Waals surface area contributed by atoms with E-state index in [-0.39, 0.29) is 24.1 Å². The molecule has 0 radical (unpaired) electrons. The lowest BCUT2D eigenvalue weighted by atomic mass is 10.2. The van der Waals surface area contributed by atoms with E-state index in [0.717, 1.165) is 31.6 Å². The summed E-state index contributed by atoms with van der Waals surface area (Å²) >= 11 is 0. The number of fused-ring (bicyclic) bond motifs is 1. The van der Waals surface area contributed by atoms with E-state index in [2.05, 4.69) is 10.4 Å². The SMILES string of the molecule is CN(Cc1ccccc1F)C(=O)NCCCn1nc2n(c1=O)CCCC2. The zero-order valence-corrected chi connectivity index (χ0v) is 14.9. The topological polar surface area (TPSA) is 72.2 Å². The second-order valence-electron chi connectivity index (χ2n) is 6.56. The van der Waals surface area contributed by atoms with Crippen molar-refractivity contribution in [2.75, 3.05) is 13.6 Å². The molecule has 8 heteroatoms. The largest absolute Gasteiger partial charge is 0.345 e. The van der Waals surface area contributed by atoms with Crippen LogP contribution in [0.25, 0.3) is 0 Å². The summed E-state index contributed by atoms with van der Waals surface area (Å²) < 4.78 is 16.9. The molecule has 3 rings (SSSR count). The van der Waals surface area contributed by atoms with E-state index in [1.54, 1.807) is 29.8 Å². The van der Waals surface area contributed by atoms with Crippen LogP contribution in [0.4, 0.5) is 9.18 Å². The molecule has 140 valence electrons. The van der Waals surface area contributed by atoms with E-state index in [1.165, 1.54) is 15.6 Å². The molecular weight excluding hydrogens is 337 g/mol. The smallest absolute Gasteiger partial charge is 0.338 e. The fraction of sp³-hybridized carbons (Fsp3) is 0.500. The van der Waals surface area contributed by atoms with Crippen molar-refractivity contribution in [2.45, 2.75) is 45.3 Å². The van der Waals surface area contributed by atoms with E-state index in [9.17, 15) is 14.0 Å². The number of benzene rings is 1. The normalized spacial score (nSPS) is 13.3. The Labute approximate surface area is 151 Å². The molecule has 0 spiro atoms. The summed E-state index contributed by atoms with van der Waals surface area (Å²) in [6, 6.07) is 6.13. The van der Waals surface area contributed by atoms with Crippen molar-refractivity contribution in [3.8, 4) is 0 Å². The molecule has 1 N–H and O–H groups in total. The Morgan fingerprint density at radius 1 is 1.35 bits per heavy atom. The van der Waals surface area contributed by atoms with Gasteiger partial charge in [-0.05, 0) is 25.3 Å². The lowest BCUT2D eigenvalue weighted by Crippen LogP contribution is -2.38. The molecule has 2 amide bonds. The molecule has 0 fully saturated rings. The molecule has 1 aliphatic rings. The number of aryl methyl sites for hydroxylation is 2. The highest BCUT2D eigenvalue weighted by atomic mass is 19.1. The first-order chi connectivity index (χ1) is 12.6. The van der Waals surface area contributed by atoms with E-state index >= 15 is 0 Å². The number of carbonyl (C=O) groups is 1. The van der Waals surface area contributed by atoms with Gasteiger partial charge in [-0.3, -0.25) is 4.57 Å². The van der Waals surface area contributed by atoms with Gasteiger partial charge >= 0.3 is 11.7 Å². The van der Waals surface area contributed by atoms with Gasteiger partial charge in [-0.2, -0.15) is 5.10 Å². The van der Waals surface area contributed by atoms with Crippen LogP contribution >= 0.6 is 0 Å². The lowest BCUT2D eigenvalue weighted by molar-refractivity contribution is 0.206. The Morgan fingerprint density at radius 2 is 2.15 bits per heavy atom. The molecule has 1 aromatic carbocycles. The fourth-order valence-corrected chi connectivity index (χ4v) is 3.11. The monoisotopic (exact) mass is 361 g/mol. The molecule has 0 bridgehead atoms. The Hall–Kier alpha value is -2.64. The third-order valence-electron chi connectivity index (χ3n) is 4.57. The minimum atomic E-state index is -0.324. The summed E-state index contributed by atoms with van der Waals surface area (Å²) in [5.74, 6) is 0.533. The van der Waals surface area contributed by atoms with Crippen LogP contribution in [0.3, 0.4) is 0 Å². The first kappa shape index (κ1) is 18.2. The molecule has 2 heterocycles. The molecule has 1 aromatic heterocycles. The molecule has 7 nitrogen and oxygen atoms in total. The van der Waals surface area contributed by atoms with Crippen LogP contribution in [0.15, 0.2) is 29.1 Å².